The van der Waals surface area contributed by atoms with E-state index in [-0.39, 0.29) is 30.4 Å². The topological polar surface area (TPSA) is 80.5 Å². The molecule has 0 saturated carbocycles. The van der Waals surface area contributed by atoms with Gasteiger partial charge in [-0.2, -0.15) is 0 Å². The molecule has 168 valence electrons. The van der Waals surface area contributed by atoms with E-state index in [2.05, 4.69) is 34.0 Å². The first-order chi connectivity index (χ1) is 15.5. The quantitative estimate of drug-likeness (QED) is 0.605. The van der Waals surface area contributed by atoms with E-state index in [0.717, 1.165) is 30.0 Å². The number of hydrogen-bond acceptors (Lipinski definition) is 6. The van der Waals surface area contributed by atoms with Crippen molar-refractivity contribution in [2.45, 2.75) is 45.4 Å². The summed E-state index contributed by atoms with van der Waals surface area (Å²) in [6.07, 6.45) is 4.38. The molecule has 3 aromatic rings. The first kappa shape index (κ1) is 22.0. The number of oxazole rings is 1. The Labute approximate surface area is 186 Å². The van der Waals surface area contributed by atoms with Crippen LogP contribution >= 0.6 is 0 Å². The van der Waals surface area contributed by atoms with Crippen LogP contribution in [0.5, 0.6) is 0 Å². The van der Waals surface area contributed by atoms with Crippen LogP contribution in [0.2, 0.25) is 0 Å². The SMILES string of the molecule is CC1CN(c2ccc(CNC(=O)CCc3ncc(-c4ccc(F)cc4)o3)cn2)CC(C)O1. The molecule has 1 aromatic carbocycles. The molecule has 7 nitrogen and oxygen atoms in total. The van der Waals surface area contributed by atoms with Gasteiger partial charge in [0.1, 0.15) is 11.6 Å². The largest absolute Gasteiger partial charge is 0.441 e. The molecule has 2 atom stereocenters. The fourth-order valence-corrected chi connectivity index (χ4v) is 3.76. The molecule has 3 heterocycles. The summed E-state index contributed by atoms with van der Waals surface area (Å²) in [5.74, 6) is 1.55. The molecule has 0 spiro atoms. The van der Waals surface area contributed by atoms with Gasteiger partial charge in [-0.1, -0.05) is 6.07 Å². The molecule has 1 fully saturated rings. The second-order valence-electron chi connectivity index (χ2n) is 8.09. The number of anilines is 1. The summed E-state index contributed by atoms with van der Waals surface area (Å²) >= 11 is 0. The number of amides is 1. The summed E-state index contributed by atoms with van der Waals surface area (Å²) in [7, 11) is 0. The van der Waals surface area contributed by atoms with Gasteiger partial charge in [0.25, 0.3) is 0 Å². The number of carbonyl (C=O) groups excluding carboxylic acids is 1. The lowest BCUT2D eigenvalue weighted by atomic mass is 10.2. The van der Waals surface area contributed by atoms with E-state index in [1.807, 2.05) is 12.1 Å². The number of nitrogens with zero attached hydrogens (tertiary/aromatic N) is 3. The molecular formula is C24H27FN4O3. The summed E-state index contributed by atoms with van der Waals surface area (Å²) in [5.41, 5.74) is 1.68. The minimum Gasteiger partial charge on any atom is -0.441 e. The first-order valence-corrected chi connectivity index (χ1v) is 10.8. The van der Waals surface area contributed by atoms with Gasteiger partial charge in [0.05, 0.1) is 18.4 Å². The Morgan fingerprint density at radius 2 is 1.84 bits per heavy atom. The van der Waals surface area contributed by atoms with Crippen LogP contribution in [-0.4, -0.2) is 41.2 Å². The number of morpholine rings is 1. The molecule has 2 aromatic heterocycles. The van der Waals surface area contributed by atoms with Gasteiger partial charge in [-0.3, -0.25) is 4.79 Å². The summed E-state index contributed by atoms with van der Waals surface area (Å²) < 4.78 is 24.5. The number of nitrogens with one attached hydrogen (secondary N) is 1. The van der Waals surface area contributed by atoms with Gasteiger partial charge in [-0.05, 0) is 49.7 Å². The van der Waals surface area contributed by atoms with Gasteiger partial charge in [-0.15, -0.1) is 0 Å². The third-order valence-corrected chi connectivity index (χ3v) is 5.29. The van der Waals surface area contributed by atoms with Crippen LogP contribution in [0.15, 0.2) is 53.2 Å². The standard InChI is InChI=1S/C24H27FN4O3/c1-16-14-29(15-17(2)31-16)22-8-3-18(11-26-22)12-27-23(30)9-10-24-28-13-21(32-24)19-4-6-20(25)7-5-19/h3-8,11,13,16-17H,9-10,12,14-15H2,1-2H3,(H,27,30). The van der Waals surface area contributed by atoms with Crippen LogP contribution in [0.25, 0.3) is 11.3 Å². The van der Waals surface area contributed by atoms with Crippen LogP contribution in [0.4, 0.5) is 10.2 Å². The Hall–Kier alpha value is -3.26. The van der Waals surface area contributed by atoms with Gasteiger partial charge in [0, 0.05) is 44.2 Å². The molecule has 0 bridgehead atoms. The summed E-state index contributed by atoms with van der Waals surface area (Å²) in [5, 5.41) is 2.90. The highest BCUT2D eigenvalue weighted by atomic mass is 19.1. The Morgan fingerprint density at radius 3 is 2.53 bits per heavy atom. The van der Waals surface area contributed by atoms with Gasteiger partial charge in [0.15, 0.2) is 11.7 Å². The lowest BCUT2D eigenvalue weighted by molar-refractivity contribution is -0.121. The lowest BCUT2D eigenvalue weighted by Crippen LogP contribution is -2.45. The molecular weight excluding hydrogens is 411 g/mol. The van der Waals surface area contributed by atoms with Gasteiger partial charge < -0.3 is 19.4 Å². The van der Waals surface area contributed by atoms with Gasteiger partial charge in [0.2, 0.25) is 5.91 Å². The van der Waals surface area contributed by atoms with Crippen LogP contribution in [0.1, 0.15) is 31.7 Å². The third-order valence-electron chi connectivity index (χ3n) is 5.29. The number of aromatic nitrogens is 2. The highest BCUT2D eigenvalue weighted by molar-refractivity contribution is 5.76. The van der Waals surface area contributed by atoms with E-state index in [1.165, 1.54) is 12.1 Å². The van der Waals surface area contributed by atoms with E-state index in [1.54, 1.807) is 24.5 Å². The average molecular weight is 439 g/mol. The molecule has 1 amide bonds. The molecule has 0 aliphatic carbocycles. The molecule has 1 saturated heterocycles. The van der Waals surface area contributed by atoms with Crippen molar-refractivity contribution in [3.05, 3.63) is 66.1 Å². The summed E-state index contributed by atoms with van der Waals surface area (Å²) in [6, 6.07) is 9.97. The summed E-state index contributed by atoms with van der Waals surface area (Å²) in [4.78, 5) is 23.2. The number of carbonyl (C=O) groups is 1. The van der Waals surface area contributed by atoms with E-state index >= 15 is 0 Å². The Bertz CT molecular complexity index is 1030. The number of rotatable bonds is 7. The second kappa shape index (κ2) is 9.91. The monoisotopic (exact) mass is 438 g/mol. The van der Waals surface area contributed by atoms with Crippen molar-refractivity contribution in [3.63, 3.8) is 0 Å². The normalized spacial score (nSPS) is 18.5. The zero-order chi connectivity index (χ0) is 22.5. The molecule has 4 rings (SSSR count). The maximum absolute atomic E-state index is 13.0. The first-order valence-electron chi connectivity index (χ1n) is 10.8. The highest BCUT2D eigenvalue weighted by Crippen LogP contribution is 2.21. The molecule has 0 radical (unpaired) electrons. The van der Waals surface area contributed by atoms with E-state index in [9.17, 15) is 9.18 Å². The predicted octanol–water partition coefficient (Wildman–Crippen LogP) is 3.74. The van der Waals surface area contributed by atoms with Crippen molar-refractivity contribution in [2.24, 2.45) is 0 Å². The number of halogens is 1. The Balaban J connectivity index is 1.23. The Kier molecular flexibility index (Phi) is 6.80. The number of aryl methyl sites for hydroxylation is 1. The molecule has 1 aliphatic heterocycles. The predicted molar refractivity (Wildman–Crippen MR) is 119 cm³/mol. The van der Waals surface area contributed by atoms with Crippen LogP contribution in [0.3, 0.4) is 0 Å². The zero-order valence-corrected chi connectivity index (χ0v) is 18.3. The van der Waals surface area contributed by atoms with Crippen molar-refractivity contribution in [1.29, 1.82) is 0 Å². The van der Waals surface area contributed by atoms with Crippen molar-refractivity contribution in [2.75, 3.05) is 18.0 Å². The third kappa shape index (κ3) is 5.70. The number of benzene rings is 1. The van der Waals surface area contributed by atoms with Crippen molar-refractivity contribution >= 4 is 11.7 Å². The van der Waals surface area contributed by atoms with Crippen LogP contribution < -0.4 is 10.2 Å². The van der Waals surface area contributed by atoms with Gasteiger partial charge in [-0.25, -0.2) is 14.4 Å². The molecule has 2 unspecified atom stereocenters. The minimum absolute atomic E-state index is 0.0913. The highest BCUT2D eigenvalue weighted by Gasteiger charge is 2.23. The lowest BCUT2D eigenvalue weighted by Gasteiger charge is -2.36. The number of pyridine rings is 1. The molecule has 1 aliphatic rings. The minimum atomic E-state index is -0.305. The maximum Gasteiger partial charge on any atom is 0.220 e. The van der Waals surface area contributed by atoms with E-state index in [0.29, 0.717) is 24.6 Å². The van der Waals surface area contributed by atoms with Crippen LogP contribution in [-0.2, 0) is 22.5 Å². The second-order valence-corrected chi connectivity index (χ2v) is 8.09. The summed E-state index contributed by atoms with van der Waals surface area (Å²) in [6.45, 7) is 6.17. The number of ether oxygens (including phenoxy) is 1. The van der Waals surface area contributed by atoms with E-state index < -0.39 is 0 Å². The van der Waals surface area contributed by atoms with E-state index in [4.69, 9.17) is 9.15 Å². The zero-order valence-electron chi connectivity index (χ0n) is 18.3. The fraction of sp³-hybridized carbons (Fsp3) is 0.375. The van der Waals surface area contributed by atoms with Gasteiger partial charge >= 0.3 is 0 Å². The maximum atomic E-state index is 13.0. The van der Waals surface area contributed by atoms with Crippen molar-refractivity contribution < 1.29 is 18.3 Å². The molecule has 8 heteroatoms. The number of hydrogen-bond donors (Lipinski definition) is 1. The van der Waals surface area contributed by atoms with Crippen molar-refractivity contribution in [1.82, 2.24) is 15.3 Å². The van der Waals surface area contributed by atoms with Crippen molar-refractivity contribution in [3.8, 4) is 11.3 Å². The molecule has 1 N–H and O–H groups in total. The average Bonchev–Trinajstić information content (AvgIpc) is 3.25. The smallest absolute Gasteiger partial charge is 0.220 e. The fourth-order valence-electron chi connectivity index (χ4n) is 3.76. The molecule has 32 heavy (non-hydrogen) atoms. The Morgan fingerprint density at radius 1 is 1.09 bits per heavy atom. The van der Waals surface area contributed by atoms with Crippen LogP contribution in [0, 0.1) is 5.82 Å².